The number of nitrogens with one attached hydrogen (secondary N) is 1. The van der Waals surface area contributed by atoms with Gasteiger partial charge in [-0.1, -0.05) is 0 Å². The summed E-state index contributed by atoms with van der Waals surface area (Å²) in [6.45, 7) is 1.93. The number of nitrogens with zero attached hydrogens (tertiary/aromatic N) is 5. The molecule has 1 fully saturated rings. The standard InChI is InChI=1S/C20H22N6O/c1-14-11-22-13-19(23-14)24-16-4-6-17(7-5-16)26-20(27)9-8-18(25-26)15-3-2-10-21-12-15/h2-3,8-13,16-17H,4-7H2,1H3,(H,23,24). The molecule has 3 aromatic heterocycles. The molecule has 0 spiro atoms. The molecule has 0 atom stereocenters. The third kappa shape index (κ3) is 4.02. The van der Waals surface area contributed by atoms with Crippen molar-refractivity contribution in [1.29, 1.82) is 0 Å². The van der Waals surface area contributed by atoms with Crippen molar-refractivity contribution in [2.24, 2.45) is 0 Å². The van der Waals surface area contributed by atoms with Crippen LogP contribution in [-0.4, -0.2) is 30.8 Å². The third-order valence-electron chi connectivity index (χ3n) is 4.93. The van der Waals surface area contributed by atoms with Gasteiger partial charge in [-0.3, -0.25) is 14.8 Å². The SMILES string of the molecule is Cc1cncc(NC2CCC(n3nc(-c4cccnc4)ccc3=O)CC2)n1. The van der Waals surface area contributed by atoms with Gasteiger partial charge >= 0.3 is 0 Å². The zero-order valence-corrected chi connectivity index (χ0v) is 15.2. The minimum Gasteiger partial charge on any atom is -0.366 e. The molecule has 1 N–H and O–H groups in total. The lowest BCUT2D eigenvalue weighted by Gasteiger charge is -2.30. The van der Waals surface area contributed by atoms with Crippen LogP contribution < -0.4 is 10.9 Å². The molecule has 0 saturated heterocycles. The molecule has 0 radical (unpaired) electrons. The first-order valence-corrected chi connectivity index (χ1v) is 9.24. The highest BCUT2D eigenvalue weighted by atomic mass is 16.1. The van der Waals surface area contributed by atoms with E-state index in [-0.39, 0.29) is 11.6 Å². The average molecular weight is 362 g/mol. The fourth-order valence-electron chi connectivity index (χ4n) is 3.56. The zero-order valence-electron chi connectivity index (χ0n) is 15.2. The third-order valence-corrected chi connectivity index (χ3v) is 4.93. The van der Waals surface area contributed by atoms with Gasteiger partial charge in [0.05, 0.1) is 23.6 Å². The summed E-state index contributed by atoms with van der Waals surface area (Å²) in [5.74, 6) is 0.812. The Kier molecular flexibility index (Phi) is 4.91. The topological polar surface area (TPSA) is 85.6 Å². The van der Waals surface area contributed by atoms with E-state index in [4.69, 9.17) is 0 Å². The van der Waals surface area contributed by atoms with Crippen molar-refractivity contribution in [1.82, 2.24) is 24.7 Å². The highest BCUT2D eigenvalue weighted by molar-refractivity contribution is 5.56. The van der Waals surface area contributed by atoms with Crippen molar-refractivity contribution >= 4 is 5.82 Å². The molecule has 0 amide bonds. The van der Waals surface area contributed by atoms with Gasteiger partial charge in [0.15, 0.2) is 0 Å². The molecule has 0 bridgehead atoms. The molecule has 1 aliphatic carbocycles. The van der Waals surface area contributed by atoms with E-state index < -0.39 is 0 Å². The predicted octanol–water partition coefficient (Wildman–Crippen LogP) is 3.00. The lowest BCUT2D eigenvalue weighted by atomic mass is 9.91. The maximum atomic E-state index is 12.4. The summed E-state index contributed by atoms with van der Waals surface area (Å²) >= 11 is 0. The van der Waals surface area contributed by atoms with Gasteiger partial charge in [-0.05, 0) is 50.8 Å². The first-order valence-electron chi connectivity index (χ1n) is 9.24. The number of aromatic nitrogens is 5. The molecule has 1 saturated carbocycles. The van der Waals surface area contributed by atoms with Crippen LogP contribution in [0.4, 0.5) is 5.82 Å². The second-order valence-electron chi connectivity index (χ2n) is 6.94. The highest BCUT2D eigenvalue weighted by Gasteiger charge is 2.24. The van der Waals surface area contributed by atoms with Crippen LogP contribution in [0.3, 0.4) is 0 Å². The molecule has 0 aromatic carbocycles. The maximum Gasteiger partial charge on any atom is 0.267 e. The Morgan fingerprint density at radius 3 is 2.63 bits per heavy atom. The van der Waals surface area contributed by atoms with Crippen molar-refractivity contribution in [3.05, 3.63) is 65.1 Å². The van der Waals surface area contributed by atoms with E-state index in [1.54, 1.807) is 41.6 Å². The predicted molar refractivity (Wildman–Crippen MR) is 103 cm³/mol. The summed E-state index contributed by atoms with van der Waals surface area (Å²) in [5.41, 5.74) is 2.54. The molecule has 4 rings (SSSR count). The molecule has 27 heavy (non-hydrogen) atoms. The lowest BCUT2D eigenvalue weighted by molar-refractivity contribution is 0.304. The van der Waals surface area contributed by atoms with E-state index in [1.807, 2.05) is 19.1 Å². The number of aryl methyl sites for hydroxylation is 1. The quantitative estimate of drug-likeness (QED) is 0.768. The molecule has 0 aliphatic heterocycles. The second kappa shape index (κ2) is 7.65. The number of anilines is 1. The number of rotatable bonds is 4. The molecular weight excluding hydrogens is 340 g/mol. The molecule has 1 aliphatic rings. The van der Waals surface area contributed by atoms with Crippen LogP contribution in [0.15, 0.2) is 53.8 Å². The van der Waals surface area contributed by atoms with Crippen LogP contribution in [0.25, 0.3) is 11.3 Å². The van der Waals surface area contributed by atoms with Gasteiger partial charge in [0, 0.05) is 36.3 Å². The van der Waals surface area contributed by atoms with E-state index >= 15 is 0 Å². The Hall–Kier alpha value is -3.09. The smallest absolute Gasteiger partial charge is 0.267 e. The van der Waals surface area contributed by atoms with Crippen molar-refractivity contribution < 1.29 is 0 Å². The highest BCUT2D eigenvalue weighted by Crippen LogP contribution is 2.29. The van der Waals surface area contributed by atoms with E-state index in [9.17, 15) is 4.79 Å². The first-order chi connectivity index (χ1) is 13.2. The average Bonchev–Trinajstić information content (AvgIpc) is 2.70. The fraction of sp³-hybridized carbons (Fsp3) is 0.350. The minimum atomic E-state index is -0.0522. The molecule has 0 unspecified atom stereocenters. The zero-order chi connectivity index (χ0) is 18.6. The Morgan fingerprint density at radius 2 is 1.89 bits per heavy atom. The van der Waals surface area contributed by atoms with Gasteiger partial charge in [-0.2, -0.15) is 5.10 Å². The summed E-state index contributed by atoms with van der Waals surface area (Å²) in [4.78, 5) is 25.1. The summed E-state index contributed by atoms with van der Waals surface area (Å²) < 4.78 is 1.64. The van der Waals surface area contributed by atoms with Crippen molar-refractivity contribution in [2.75, 3.05) is 5.32 Å². The molecule has 7 nitrogen and oxygen atoms in total. The van der Waals surface area contributed by atoms with E-state index in [0.717, 1.165) is 48.5 Å². The molecule has 138 valence electrons. The van der Waals surface area contributed by atoms with Gasteiger partial charge in [-0.25, -0.2) is 9.67 Å². The van der Waals surface area contributed by atoms with Crippen LogP contribution >= 0.6 is 0 Å². The monoisotopic (exact) mass is 362 g/mol. The maximum absolute atomic E-state index is 12.4. The first kappa shape index (κ1) is 17.3. The minimum absolute atomic E-state index is 0.0522. The number of pyridine rings is 1. The lowest BCUT2D eigenvalue weighted by Crippen LogP contribution is -2.33. The fourth-order valence-corrected chi connectivity index (χ4v) is 3.56. The Balaban J connectivity index is 1.46. The molecule has 3 heterocycles. The van der Waals surface area contributed by atoms with Crippen molar-refractivity contribution in [2.45, 2.75) is 44.7 Å². The van der Waals surface area contributed by atoms with Crippen LogP contribution in [0, 0.1) is 6.92 Å². The molecule has 3 aromatic rings. The Bertz CT molecular complexity index is 963. The molecule has 7 heteroatoms. The van der Waals surface area contributed by atoms with Crippen LogP contribution in [0.1, 0.15) is 37.4 Å². The van der Waals surface area contributed by atoms with Crippen molar-refractivity contribution in [3.63, 3.8) is 0 Å². The van der Waals surface area contributed by atoms with Crippen molar-refractivity contribution in [3.8, 4) is 11.3 Å². The Morgan fingerprint density at radius 1 is 1.04 bits per heavy atom. The van der Waals surface area contributed by atoms with Gasteiger partial charge in [-0.15, -0.1) is 0 Å². The van der Waals surface area contributed by atoms with Gasteiger partial charge in [0.1, 0.15) is 5.82 Å². The molecular formula is C20H22N6O. The second-order valence-corrected chi connectivity index (χ2v) is 6.94. The van der Waals surface area contributed by atoms with E-state index in [1.165, 1.54) is 0 Å². The summed E-state index contributed by atoms with van der Waals surface area (Å²) in [6.07, 6.45) is 10.7. The number of hydrogen-bond donors (Lipinski definition) is 1. The summed E-state index contributed by atoms with van der Waals surface area (Å²) in [6, 6.07) is 7.65. The van der Waals surface area contributed by atoms with Crippen LogP contribution in [0.5, 0.6) is 0 Å². The van der Waals surface area contributed by atoms with E-state index in [0.29, 0.717) is 6.04 Å². The number of hydrogen-bond acceptors (Lipinski definition) is 6. The summed E-state index contributed by atoms with van der Waals surface area (Å²) in [7, 11) is 0. The van der Waals surface area contributed by atoms with Crippen LogP contribution in [0.2, 0.25) is 0 Å². The van der Waals surface area contributed by atoms with Gasteiger partial charge in [0.25, 0.3) is 5.56 Å². The van der Waals surface area contributed by atoms with Gasteiger partial charge < -0.3 is 5.32 Å². The van der Waals surface area contributed by atoms with Crippen LogP contribution in [-0.2, 0) is 0 Å². The van der Waals surface area contributed by atoms with E-state index in [2.05, 4.69) is 25.4 Å². The Labute approximate surface area is 157 Å². The normalized spacial score (nSPS) is 19.6. The summed E-state index contributed by atoms with van der Waals surface area (Å²) in [5, 5.41) is 8.06. The van der Waals surface area contributed by atoms with Gasteiger partial charge in [0.2, 0.25) is 0 Å². The largest absolute Gasteiger partial charge is 0.366 e.